The average Bonchev–Trinajstić information content (AvgIpc) is 3.10. The molecule has 2 aliphatic rings. The molecule has 3 rings (SSSR count). The summed E-state index contributed by atoms with van der Waals surface area (Å²) in [5, 5.41) is 11.4. The van der Waals surface area contributed by atoms with Gasteiger partial charge in [-0.25, -0.2) is 0 Å². The van der Waals surface area contributed by atoms with Crippen LogP contribution in [0.4, 0.5) is 0 Å². The largest absolute Gasteiger partial charge is 0.496 e. The lowest BCUT2D eigenvalue weighted by Gasteiger charge is -2.29. The van der Waals surface area contributed by atoms with Gasteiger partial charge in [0.25, 0.3) is 5.91 Å². The molecule has 0 bridgehead atoms. The molecular formula is C17H15BrClNO4S. The lowest BCUT2D eigenvalue weighted by atomic mass is 9.92. The lowest BCUT2D eigenvalue weighted by Crippen LogP contribution is -2.36. The fourth-order valence-corrected chi connectivity index (χ4v) is 4.77. The quantitative estimate of drug-likeness (QED) is 0.742. The van der Waals surface area contributed by atoms with Crippen molar-refractivity contribution < 1.29 is 19.4 Å². The highest BCUT2D eigenvalue weighted by molar-refractivity contribution is 9.11. The minimum atomic E-state index is -0.967. The topological polar surface area (TPSA) is 66.8 Å². The van der Waals surface area contributed by atoms with Crippen LogP contribution in [0.15, 0.2) is 48.9 Å². The second-order valence-electron chi connectivity index (χ2n) is 5.70. The molecule has 0 fully saturated rings. The Hall–Kier alpha value is -1.57. The fourth-order valence-electron chi connectivity index (χ4n) is 3.25. The van der Waals surface area contributed by atoms with Crippen LogP contribution in [0.5, 0.6) is 0 Å². The molecule has 1 atom stereocenters. The molecular weight excluding hydrogens is 430 g/mol. The van der Waals surface area contributed by atoms with Crippen LogP contribution in [0.1, 0.15) is 30.1 Å². The first-order chi connectivity index (χ1) is 11.8. The van der Waals surface area contributed by atoms with Gasteiger partial charge in [-0.3, -0.25) is 9.59 Å². The van der Waals surface area contributed by atoms with Crippen LogP contribution >= 0.6 is 38.9 Å². The maximum atomic E-state index is 13.0. The van der Waals surface area contributed by atoms with Gasteiger partial charge in [-0.1, -0.05) is 11.6 Å². The highest BCUT2D eigenvalue weighted by Crippen LogP contribution is 2.45. The third-order valence-corrected chi connectivity index (χ3v) is 6.22. The smallest absolute Gasteiger partial charge is 0.307 e. The van der Waals surface area contributed by atoms with Crippen molar-refractivity contribution in [1.82, 2.24) is 4.90 Å². The number of amides is 1. The predicted octanol–water partition coefficient (Wildman–Crippen LogP) is 4.51. The minimum absolute atomic E-state index is 0.166. The van der Waals surface area contributed by atoms with Gasteiger partial charge in [-0.2, -0.15) is 0 Å². The Morgan fingerprint density at radius 2 is 2.24 bits per heavy atom. The van der Waals surface area contributed by atoms with Gasteiger partial charge in [0, 0.05) is 16.7 Å². The Bertz CT molecular complexity index is 855. The summed E-state index contributed by atoms with van der Waals surface area (Å²) in [6.07, 6.45) is 2.16. The Morgan fingerprint density at radius 3 is 2.80 bits per heavy atom. The first-order valence-corrected chi connectivity index (χ1v) is 9.54. The molecule has 1 aromatic heterocycles. The highest BCUT2D eigenvalue weighted by Gasteiger charge is 2.42. The number of allylic oxidation sites excluding steroid dienone is 2. The molecule has 0 radical (unpaired) electrons. The van der Waals surface area contributed by atoms with E-state index in [-0.39, 0.29) is 18.4 Å². The van der Waals surface area contributed by atoms with E-state index in [9.17, 15) is 14.7 Å². The number of fused-ring (bicyclic) bond motifs is 1. The van der Waals surface area contributed by atoms with Crippen LogP contribution in [0.2, 0.25) is 0 Å². The van der Waals surface area contributed by atoms with Crippen molar-refractivity contribution in [2.75, 3.05) is 7.11 Å². The summed E-state index contributed by atoms with van der Waals surface area (Å²) in [5.41, 5.74) is 2.43. The number of halogens is 2. The number of carboxylic acids is 1. The van der Waals surface area contributed by atoms with Crippen molar-refractivity contribution in [1.29, 1.82) is 0 Å². The number of methoxy groups -OCH3 is 1. The average molecular weight is 445 g/mol. The molecule has 1 aliphatic heterocycles. The van der Waals surface area contributed by atoms with Crippen molar-refractivity contribution in [2.45, 2.75) is 25.8 Å². The molecule has 2 heterocycles. The van der Waals surface area contributed by atoms with Crippen molar-refractivity contribution in [3.8, 4) is 0 Å². The maximum Gasteiger partial charge on any atom is 0.307 e. The van der Waals surface area contributed by atoms with Crippen molar-refractivity contribution >= 4 is 50.7 Å². The van der Waals surface area contributed by atoms with Crippen LogP contribution in [0, 0.1) is 0 Å². The number of hydrogen-bond donors (Lipinski definition) is 1. The molecule has 1 aliphatic carbocycles. The number of thiophene rings is 1. The van der Waals surface area contributed by atoms with Gasteiger partial charge >= 0.3 is 5.97 Å². The minimum Gasteiger partial charge on any atom is -0.496 e. The second-order valence-corrected chi connectivity index (χ2v) is 8.37. The van der Waals surface area contributed by atoms with Crippen molar-refractivity contribution in [3.63, 3.8) is 0 Å². The summed E-state index contributed by atoms with van der Waals surface area (Å²) < 4.78 is 6.14. The SMILES string of the molecule is COC1=CCC2C(=C1Cl)C(CC(=O)O)=C(C)N2C(=O)c1csc(Br)c1. The molecule has 0 spiro atoms. The van der Waals surface area contributed by atoms with Crippen LogP contribution in [0.3, 0.4) is 0 Å². The van der Waals surface area contributed by atoms with E-state index in [0.29, 0.717) is 39.6 Å². The van der Waals surface area contributed by atoms with E-state index in [1.54, 1.807) is 23.3 Å². The highest BCUT2D eigenvalue weighted by atomic mass is 79.9. The Kier molecular flexibility index (Phi) is 5.09. The number of rotatable bonds is 4. The normalized spacial score (nSPS) is 19.9. The number of nitrogens with zero attached hydrogens (tertiary/aromatic N) is 1. The monoisotopic (exact) mass is 443 g/mol. The molecule has 1 amide bonds. The van der Waals surface area contributed by atoms with E-state index in [1.807, 2.05) is 6.08 Å². The molecule has 25 heavy (non-hydrogen) atoms. The number of aliphatic carboxylic acids is 1. The second kappa shape index (κ2) is 6.97. The number of carboxylic acid groups (broad SMARTS) is 1. The van der Waals surface area contributed by atoms with Crippen molar-refractivity contribution in [3.05, 3.63) is 54.5 Å². The zero-order valence-electron chi connectivity index (χ0n) is 13.5. The van der Waals surface area contributed by atoms with Crippen LogP contribution in [-0.2, 0) is 9.53 Å². The summed E-state index contributed by atoms with van der Waals surface area (Å²) in [5.74, 6) is -0.622. The van der Waals surface area contributed by atoms with Gasteiger partial charge < -0.3 is 14.7 Å². The molecule has 8 heteroatoms. The fraction of sp³-hybridized carbons (Fsp3) is 0.294. The lowest BCUT2D eigenvalue weighted by molar-refractivity contribution is -0.136. The Balaban J connectivity index is 2.09. The summed E-state index contributed by atoms with van der Waals surface area (Å²) in [6.45, 7) is 1.76. The third-order valence-electron chi connectivity index (χ3n) is 4.33. The summed E-state index contributed by atoms with van der Waals surface area (Å²) >= 11 is 11.3. The molecule has 0 aromatic carbocycles. The summed E-state index contributed by atoms with van der Waals surface area (Å²) in [4.78, 5) is 26.0. The van der Waals surface area contributed by atoms with Crippen molar-refractivity contribution in [2.24, 2.45) is 0 Å². The van der Waals surface area contributed by atoms with Gasteiger partial charge in [-0.05, 0) is 47.0 Å². The zero-order valence-corrected chi connectivity index (χ0v) is 16.7. The number of carbonyl (C=O) groups excluding carboxylic acids is 1. The van der Waals surface area contributed by atoms with Gasteiger partial charge in [0.1, 0.15) is 5.76 Å². The Labute approximate surface area is 162 Å². The predicted molar refractivity (Wildman–Crippen MR) is 99.5 cm³/mol. The van der Waals surface area contributed by atoms with Gasteiger partial charge in [-0.15, -0.1) is 11.3 Å². The standard InChI is InChI=1S/C17H15BrClNO4S/c1-8-10(6-14(21)22)15-11(3-4-12(24-2)16(15)19)20(8)17(23)9-5-13(18)25-7-9/h4-5,7,11H,3,6H2,1-2H3,(H,21,22). The van der Waals surface area contributed by atoms with Gasteiger partial charge in [0.2, 0.25) is 0 Å². The zero-order chi connectivity index (χ0) is 18.3. The molecule has 1 N–H and O–H groups in total. The maximum absolute atomic E-state index is 13.0. The van der Waals surface area contributed by atoms with E-state index in [2.05, 4.69) is 15.9 Å². The van der Waals surface area contributed by atoms with E-state index in [1.165, 1.54) is 18.4 Å². The number of carbonyl (C=O) groups is 2. The first-order valence-electron chi connectivity index (χ1n) is 7.48. The van der Waals surface area contributed by atoms with Crippen LogP contribution in [0.25, 0.3) is 0 Å². The molecule has 0 saturated carbocycles. The summed E-state index contributed by atoms with van der Waals surface area (Å²) in [6, 6.07) is 1.45. The van der Waals surface area contributed by atoms with E-state index < -0.39 is 5.97 Å². The van der Waals surface area contributed by atoms with Crippen LogP contribution < -0.4 is 0 Å². The van der Waals surface area contributed by atoms with E-state index in [0.717, 1.165) is 3.79 Å². The summed E-state index contributed by atoms with van der Waals surface area (Å²) in [7, 11) is 1.52. The third kappa shape index (κ3) is 3.16. The van der Waals surface area contributed by atoms with Gasteiger partial charge in [0.05, 0.1) is 34.0 Å². The molecule has 1 unspecified atom stereocenters. The molecule has 0 saturated heterocycles. The van der Waals surface area contributed by atoms with E-state index in [4.69, 9.17) is 16.3 Å². The van der Waals surface area contributed by atoms with E-state index >= 15 is 0 Å². The first kappa shape index (κ1) is 18.2. The number of ether oxygens (including phenoxy) is 1. The molecule has 5 nitrogen and oxygen atoms in total. The number of hydrogen-bond acceptors (Lipinski definition) is 4. The molecule has 1 aromatic rings. The van der Waals surface area contributed by atoms with Gasteiger partial charge in [0.15, 0.2) is 0 Å². The van der Waals surface area contributed by atoms with Crippen LogP contribution in [-0.4, -0.2) is 35.0 Å². The molecule has 132 valence electrons. The Morgan fingerprint density at radius 1 is 1.52 bits per heavy atom.